The van der Waals surface area contributed by atoms with Crippen LogP contribution in [0.15, 0.2) is 132 Å². The summed E-state index contributed by atoms with van der Waals surface area (Å²) >= 11 is 0. The summed E-state index contributed by atoms with van der Waals surface area (Å²) in [5, 5.41) is 3.40. The Morgan fingerprint density at radius 1 is 0.769 bits per heavy atom. The van der Waals surface area contributed by atoms with Gasteiger partial charge in [0.05, 0.1) is 18.0 Å². The highest BCUT2D eigenvalue weighted by atomic mass is 32.2. The SMILES string of the molecule is COc1cc(S(=O)(=O)N2[C@H](C(=O)NC(CCCc3ccccc3)CCCc3ccccc3)Cc3ccccc3[C@@H]2Cc2ccccc2)cc(C)c1C. The minimum atomic E-state index is -4.19. The summed E-state index contributed by atoms with van der Waals surface area (Å²) in [5.41, 5.74) is 7.16. The molecule has 1 heterocycles. The maximum atomic E-state index is 15.1. The molecule has 0 unspecified atom stereocenters. The molecule has 0 radical (unpaired) electrons. The molecule has 2 atom stereocenters. The van der Waals surface area contributed by atoms with Gasteiger partial charge in [-0.3, -0.25) is 4.79 Å². The molecule has 7 heteroatoms. The van der Waals surface area contributed by atoms with Crippen LogP contribution < -0.4 is 10.1 Å². The van der Waals surface area contributed by atoms with Crippen molar-refractivity contribution in [2.75, 3.05) is 7.11 Å². The number of methoxy groups -OCH3 is 1. The largest absolute Gasteiger partial charge is 0.496 e. The van der Waals surface area contributed by atoms with Gasteiger partial charge in [0, 0.05) is 12.1 Å². The number of carbonyl (C=O) groups excluding carboxylic acids is 1. The highest BCUT2D eigenvalue weighted by Gasteiger charge is 2.46. The van der Waals surface area contributed by atoms with Gasteiger partial charge in [-0.05, 0) is 110 Å². The Hall–Kier alpha value is -4.72. The molecule has 5 aromatic rings. The third kappa shape index (κ3) is 8.83. The van der Waals surface area contributed by atoms with Crippen LogP contribution in [0.1, 0.15) is 70.7 Å². The molecule has 6 rings (SSSR count). The molecule has 5 aromatic carbocycles. The first kappa shape index (κ1) is 37.1. The van der Waals surface area contributed by atoms with Crippen LogP contribution >= 0.6 is 0 Å². The lowest BCUT2D eigenvalue weighted by Gasteiger charge is -2.42. The van der Waals surface area contributed by atoms with Crippen LogP contribution in [0.5, 0.6) is 5.75 Å². The van der Waals surface area contributed by atoms with Crippen molar-refractivity contribution in [3.05, 3.63) is 166 Å². The number of rotatable bonds is 15. The van der Waals surface area contributed by atoms with Gasteiger partial charge >= 0.3 is 0 Å². The molecule has 0 spiro atoms. The molecule has 1 N–H and O–H groups in total. The van der Waals surface area contributed by atoms with E-state index >= 15 is 8.42 Å². The molecule has 1 aliphatic heterocycles. The predicted octanol–water partition coefficient (Wildman–Crippen LogP) is 8.74. The van der Waals surface area contributed by atoms with Crippen LogP contribution in [0, 0.1) is 13.8 Å². The van der Waals surface area contributed by atoms with E-state index in [9.17, 15) is 4.79 Å². The van der Waals surface area contributed by atoms with Gasteiger partial charge in [0.1, 0.15) is 11.8 Å². The summed E-state index contributed by atoms with van der Waals surface area (Å²) in [5.74, 6) is 0.254. The van der Waals surface area contributed by atoms with Crippen LogP contribution in [0.4, 0.5) is 0 Å². The van der Waals surface area contributed by atoms with E-state index < -0.39 is 22.1 Å². The van der Waals surface area contributed by atoms with Crippen molar-refractivity contribution >= 4 is 15.9 Å². The van der Waals surface area contributed by atoms with Crippen molar-refractivity contribution < 1.29 is 17.9 Å². The van der Waals surface area contributed by atoms with Crippen LogP contribution in [0.2, 0.25) is 0 Å². The molecule has 52 heavy (non-hydrogen) atoms. The molecule has 0 aromatic heterocycles. The topological polar surface area (TPSA) is 75.7 Å². The van der Waals surface area contributed by atoms with Crippen molar-refractivity contribution in [1.29, 1.82) is 0 Å². The molecule has 0 saturated heterocycles. The van der Waals surface area contributed by atoms with E-state index in [-0.39, 0.29) is 23.3 Å². The fraction of sp³-hybridized carbons (Fsp3) is 0.311. The van der Waals surface area contributed by atoms with Gasteiger partial charge in [0.15, 0.2) is 0 Å². The molecule has 0 bridgehead atoms. The van der Waals surface area contributed by atoms with Crippen molar-refractivity contribution in [1.82, 2.24) is 9.62 Å². The van der Waals surface area contributed by atoms with E-state index in [0.717, 1.165) is 66.3 Å². The van der Waals surface area contributed by atoms with Gasteiger partial charge in [0.25, 0.3) is 0 Å². The minimum Gasteiger partial charge on any atom is -0.496 e. The summed E-state index contributed by atoms with van der Waals surface area (Å²) in [6.07, 6.45) is 5.97. The zero-order valence-corrected chi connectivity index (χ0v) is 31.3. The van der Waals surface area contributed by atoms with Gasteiger partial charge in [-0.25, -0.2) is 8.42 Å². The normalized spacial score (nSPS) is 16.0. The first-order valence-electron chi connectivity index (χ1n) is 18.4. The fourth-order valence-corrected chi connectivity index (χ4v) is 9.39. The van der Waals surface area contributed by atoms with E-state index in [1.807, 2.05) is 80.6 Å². The summed E-state index contributed by atoms with van der Waals surface area (Å²) in [6.45, 7) is 3.81. The Kier molecular flexibility index (Phi) is 12.3. The van der Waals surface area contributed by atoms with Gasteiger partial charge in [-0.2, -0.15) is 4.31 Å². The van der Waals surface area contributed by atoms with E-state index in [4.69, 9.17) is 4.74 Å². The van der Waals surface area contributed by atoms with Gasteiger partial charge in [-0.1, -0.05) is 115 Å². The summed E-state index contributed by atoms with van der Waals surface area (Å²) in [7, 11) is -2.63. The molecule has 0 fully saturated rings. The van der Waals surface area contributed by atoms with Crippen molar-refractivity contribution in [3.63, 3.8) is 0 Å². The lowest BCUT2D eigenvalue weighted by atomic mass is 9.86. The standard InChI is InChI=1S/C45H50N2O4S/c1-33-29-40(32-44(51-3)34(33)2)52(49,50)47-42(30-37-21-11-6-12-22-37)41-28-14-13-25-38(41)31-43(47)45(48)46-39(26-15-23-35-17-7-4-8-18-35)27-16-24-36-19-9-5-10-20-36/h4-14,17-22,25,28-29,32,39,42-43H,15-16,23-24,26-27,30-31H2,1-3H3,(H,46,48)/t42-,43-/m0/s1. The van der Waals surface area contributed by atoms with E-state index in [2.05, 4.69) is 53.8 Å². The minimum absolute atomic E-state index is 0.101. The first-order valence-corrected chi connectivity index (χ1v) is 19.9. The van der Waals surface area contributed by atoms with Crippen LogP contribution in [-0.4, -0.2) is 37.8 Å². The molecule has 0 aliphatic carbocycles. The van der Waals surface area contributed by atoms with E-state index in [1.165, 1.54) is 15.4 Å². The first-order chi connectivity index (χ1) is 25.2. The number of hydrogen-bond acceptors (Lipinski definition) is 4. The number of benzene rings is 5. The zero-order chi connectivity index (χ0) is 36.5. The van der Waals surface area contributed by atoms with Gasteiger partial charge < -0.3 is 10.1 Å². The number of aryl methyl sites for hydroxylation is 3. The Morgan fingerprint density at radius 2 is 1.31 bits per heavy atom. The molecular formula is C45H50N2O4S. The molecule has 6 nitrogen and oxygen atoms in total. The van der Waals surface area contributed by atoms with Crippen LogP contribution in [0.25, 0.3) is 0 Å². The maximum Gasteiger partial charge on any atom is 0.244 e. The van der Waals surface area contributed by atoms with E-state index in [0.29, 0.717) is 12.2 Å². The summed E-state index contributed by atoms with van der Waals surface area (Å²) < 4.78 is 37.3. The zero-order valence-electron chi connectivity index (χ0n) is 30.5. The Bertz CT molecular complexity index is 1990. The Labute approximate surface area is 309 Å². The third-order valence-electron chi connectivity index (χ3n) is 10.5. The van der Waals surface area contributed by atoms with Gasteiger partial charge in [0.2, 0.25) is 15.9 Å². The molecule has 0 saturated carbocycles. The Balaban J connectivity index is 1.35. The summed E-state index contributed by atoms with van der Waals surface area (Å²) in [6, 6.07) is 40.4. The second kappa shape index (κ2) is 17.2. The lowest BCUT2D eigenvalue weighted by Crippen LogP contribution is -2.56. The number of carbonyl (C=O) groups is 1. The number of hydrogen-bond donors (Lipinski definition) is 1. The highest BCUT2D eigenvalue weighted by molar-refractivity contribution is 7.89. The van der Waals surface area contributed by atoms with Gasteiger partial charge in [-0.15, -0.1) is 0 Å². The van der Waals surface area contributed by atoms with Crippen molar-refractivity contribution in [3.8, 4) is 5.75 Å². The number of ether oxygens (including phenoxy) is 1. The quantitative estimate of drug-likeness (QED) is 0.118. The molecule has 270 valence electrons. The Morgan fingerprint density at radius 3 is 1.88 bits per heavy atom. The number of sulfonamides is 1. The fourth-order valence-electron chi connectivity index (χ4n) is 7.54. The highest BCUT2D eigenvalue weighted by Crippen LogP contribution is 2.41. The van der Waals surface area contributed by atoms with Crippen molar-refractivity contribution in [2.45, 2.75) is 88.2 Å². The maximum absolute atomic E-state index is 15.1. The monoisotopic (exact) mass is 714 g/mol. The number of nitrogens with one attached hydrogen (secondary N) is 1. The number of amides is 1. The smallest absolute Gasteiger partial charge is 0.244 e. The van der Waals surface area contributed by atoms with Crippen molar-refractivity contribution in [2.24, 2.45) is 0 Å². The summed E-state index contributed by atoms with van der Waals surface area (Å²) in [4.78, 5) is 14.9. The number of fused-ring (bicyclic) bond motifs is 1. The molecular weight excluding hydrogens is 665 g/mol. The number of nitrogens with zero attached hydrogens (tertiary/aromatic N) is 1. The predicted molar refractivity (Wildman–Crippen MR) is 209 cm³/mol. The van der Waals surface area contributed by atoms with E-state index in [1.54, 1.807) is 19.2 Å². The lowest BCUT2D eigenvalue weighted by molar-refractivity contribution is -0.126. The average Bonchev–Trinajstić information content (AvgIpc) is 3.16. The second-order valence-electron chi connectivity index (χ2n) is 14.0. The average molecular weight is 715 g/mol. The molecule has 1 amide bonds. The third-order valence-corrected chi connectivity index (χ3v) is 12.4. The molecule has 1 aliphatic rings. The second-order valence-corrected chi connectivity index (χ2v) is 15.8. The van der Waals surface area contributed by atoms with Crippen LogP contribution in [0.3, 0.4) is 0 Å². The van der Waals surface area contributed by atoms with Crippen LogP contribution in [-0.2, 0) is 40.5 Å².